The summed E-state index contributed by atoms with van der Waals surface area (Å²) in [7, 11) is 0. The summed E-state index contributed by atoms with van der Waals surface area (Å²) in [6.07, 6.45) is 11.3. The standard InChI is InChI=1S/C15H26OS/c1-2-3-4-5-6-7-8-9-11-14(16)15-12-10-13-17-15/h10,12-14,16H,2-9,11H2,1H3. The molecule has 1 rings (SSSR count). The maximum atomic E-state index is 9.89. The smallest absolute Gasteiger partial charge is 0.0882 e. The molecule has 17 heavy (non-hydrogen) atoms. The Morgan fingerprint density at radius 3 is 2.29 bits per heavy atom. The van der Waals surface area contributed by atoms with Crippen molar-refractivity contribution in [3.8, 4) is 0 Å². The topological polar surface area (TPSA) is 20.2 Å². The molecular weight excluding hydrogens is 228 g/mol. The van der Waals surface area contributed by atoms with Crippen LogP contribution < -0.4 is 0 Å². The number of aliphatic hydroxyl groups excluding tert-OH is 1. The molecule has 0 aliphatic rings. The zero-order chi connectivity index (χ0) is 12.3. The maximum absolute atomic E-state index is 9.89. The second-order valence-electron chi connectivity index (χ2n) is 4.79. The van der Waals surface area contributed by atoms with Crippen molar-refractivity contribution in [3.63, 3.8) is 0 Å². The largest absolute Gasteiger partial charge is 0.388 e. The number of hydrogen-bond acceptors (Lipinski definition) is 2. The zero-order valence-corrected chi connectivity index (χ0v) is 11.8. The zero-order valence-electron chi connectivity index (χ0n) is 11.0. The van der Waals surface area contributed by atoms with Crippen molar-refractivity contribution in [1.82, 2.24) is 0 Å². The van der Waals surface area contributed by atoms with Crippen LogP contribution in [0.2, 0.25) is 0 Å². The van der Waals surface area contributed by atoms with Crippen molar-refractivity contribution in [2.45, 2.75) is 70.8 Å². The quantitative estimate of drug-likeness (QED) is 0.561. The van der Waals surface area contributed by atoms with Gasteiger partial charge >= 0.3 is 0 Å². The van der Waals surface area contributed by atoms with E-state index in [9.17, 15) is 5.11 Å². The van der Waals surface area contributed by atoms with E-state index in [0.29, 0.717) is 0 Å². The monoisotopic (exact) mass is 254 g/mol. The SMILES string of the molecule is CCCCCCCCCCC(O)c1cccs1. The van der Waals surface area contributed by atoms with E-state index in [1.54, 1.807) is 11.3 Å². The summed E-state index contributed by atoms with van der Waals surface area (Å²) < 4.78 is 0. The van der Waals surface area contributed by atoms with Crippen LogP contribution >= 0.6 is 11.3 Å². The molecule has 0 spiro atoms. The molecule has 0 saturated carbocycles. The molecule has 0 aliphatic heterocycles. The van der Waals surface area contributed by atoms with Gasteiger partial charge in [0, 0.05) is 4.88 Å². The predicted molar refractivity (Wildman–Crippen MR) is 76.5 cm³/mol. The number of rotatable bonds is 10. The molecule has 1 unspecified atom stereocenters. The first-order valence-corrected chi connectivity index (χ1v) is 7.94. The van der Waals surface area contributed by atoms with Gasteiger partial charge in [0.15, 0.2) is 0 Å². The Bertz CT molecular complexity index is 256. The molecule has 0 bridgehead atoms. The van der Waals surface area contributed by atoms with Crippen molar-refractivity contribution in [2.75, 3.05) is 0 Å². The molecule has 0 fully saturated rings. The Kier molecular flexibility index (Phi) is 8.37. The first-order valence-electron chi connectivity index (χ1n) is 7.06. The lowest BCUT2D eigenvalue weighted by atomic mass is 10.1. The molecule has 2 heteroatoms. The fourth-order valence-corrected chi connectivity index (χ4v) is 2.84. The third-order valence-electron chi connectivity index (χ3n) is 3.20. The van der Waals surface area contributed by atoms with Gasteiger partial charge in [-0.1, -0.05) is 64.4 Å². The normalized spacial score (nSPS) is 12.8. The fraction of sp³-hybridized carbons (Fsp3) is 0.733. The van der Waals surface area contributed by atoms with Crippen LogP contribution in [0.25, 0.3) is 0 Å². The van der Waals surface area contributed by atoms with E-state index in [2.05, 4.69) is 6.92 Å². The third-order valence-corrected chi connectivity index (χ3v) is 4.18. The molecule has 1 atom stereocenters. The van der Waals surface area contributed by atoms with Crippen LogP contribution in [0.15, 0.2) is 17.5 Å². The molecule has 1 N–H and O–H groups in total. The highest BCUT2D eigenvalue weighted by Crippen LogP contribution is 2.24. The van der Waals surface area contributed by atoms with Crippen LogP contribution in [0.1, 0.15) is 75.7 Å². The Labute approximate surface area is 110 Å². The molecule has 1 heterocycles. The number of aliphatic hydroxyl groups is 1. The second-order valence-corrected chi connectivity index (χ2v) is 5.77. The highest BCUT2D eigenvalue weighted by Gasteiger charge is 2.07. The minimum absolute atomic E-state index is 0.227. The fourth-order valence-electron chi connectivity index (χ4n) is 2.09. The molecule has 0 amide bonds. The van der Waals surface area contributed by atoms with Crippen molar-refractivity contribution in [2.24, 2.45) is 0 Å². The highest BCUT2D eigenvalue weighted by molar-refractivity contribution is 7.10. The number of hydrogen-bond donors (Lipinski definition) is 1. The van der Waals surface area contributed by atoms with E-state index >= 15 is 0 Å². The van der Waals surface area contributed by atoms with Gasteiger partial charge in [-0.3, -0.25) is 0 Å². The van der Waals surface area contributed by atoms with Crippen molar-refractivity contribution in [3.05, 3.63) is 22.4 Å². The van der Waals surface area contributed by atoms with Crippen molar-refractivity contribution < 1.29 is 5.11 Å². The first kappa shape index (κ1) is 14.7. The van der Waals surface area contributed by atoms with E-state index in [1.165, 1.54) is 44.9 Å². The molecule has 98 valence electrons. The minimum Gasteiger partial charge on any atom is -0.388 e. The lowest BCUT2D eigenvalue weighted by molar-refractivity contribution is 0.167. The number of thiophene rings is 1. The molecular formula is C15H26OS. The van der Waals surface area contributed by atoms with Gasteiger partial charge in [0.2, 0.25) is 0 Å². The van der Waals surface area contributed by atoms with E-state index < -0.39 is 0 Å². The highest BCUT2D eigenvalue weighted by atomic mass is 32.1. The Hall–Kier alpha value is -0.340. The van der Waals surface area contributed by atoms with Crippen LogP contribution in [0.3, 0.4) is 0 Å². The average molecular weight is 254 g/mol. The Morgan fingerprint density at radius 2 is 1.71 bits per heavy atom. The lowest BCUT2D eigenvalue weighted by Crippen LogP contribution is -1.94. The molecule has 1 aromatic rings. The molecule has 0 aliphatic carbocycles. The third kappa shape index (κ3) is 6.85. The molecule has 0 radical (unpaired) electrons. The van der Waals surface area contributed by atoms with Crippen LogP contribution in [0.5, 0.6) is 0 Å². The average Bonchev–Trinajstić information content (AvgIpc) is 2.86. The summed E-state index contributed by atoms with van der Waals surface area (Å²) in [4.78, 5) is 1.12. The van der Waals surface area contributed by atoms with Gasteiger partial charge in [0.25, 0.3) is 0 Å². The first-order chi connectivity index (χ1) is 8.34. The lowest BCUT2D eigenvalue weighted by Gasteiger charge is -2.07. The van der Waals surface area contributed by atoms with Gasteiger partial charge in [-0.25, -0.2) is 0 Å². The predicted octanol–water partition coefficient (Wildman–Crippen LogP) is 5.31. The van der Waals surface area contributed by atoms with E-state index in [4.69, 9.17) is 0 Å². The molecule has 1 nitrogen and oxygen atoms in total. The van der Waals surface area contributed by atoms with Crippen LogP contribution in [0.4, 0.5) is 0 Å². The summed E-state index contributed by atoms with van der Waals surface area (Å²) in [5.41, 5.74) is 0. The summed E-state index contributed by atoms with van der Waals surface area (Å²) in [5, 5.41) is 11.9. The molecule has 1 aromatic heterocycles. The van der Waals surface area contributed by atoms with E-state index in [1.807, 2.05) is 17.5 Å². The van der Waals surface area contributed by atoms with Gasteiger partial charge in [0.05, 0.1) is 6.10 Å². The van der Waals surface area contributed by atoms with Gasteiger partial charge in [-0.15, -0.1) is 11.3 Å². The van der Waals surface area contributed by atoms with Crippen molar-refractivity contribution in [1.29, 1.82) is 0 Å². The van der Waals surface area contributed by atoms with Crippen molar-refractivity contribution >= 4 is 11.3 Å². The maximum Gasteiger partial charge on any atom is 0.0882 e. The van der Waals surface area contributed by atoms with Gasteiger partial charge in [0.1, 0.15) is 0 Å². The number of unbranched alkanes of at least 4 members (excludes halogenated alkanes) is 7. The van der Waals surface area contributed by atoms with Gasteiger partial charge in [-0.2, -0.15) is 0 Å². The second kappa shape index (κ2) is 9.67. The molecule has 0 saturated heterocycles. The minimum atomic E-state index is -0.227. The van der Waals surface area contributed by atoms with Crippen LogP contribution in [-0.4, -0.2) is 5.11 Å². The van der Waals surface area contributed by atoms with Gasteiger partial charge in [-0.05, 0) is 17.9 Å². The molecule has 0 aromatic carbocycles. The summed E-state index contributed by atoms with van der Waals surface area (Å²) in [6, 6.07) is 4.04. The van der Waals surface area contributed by atoms with E-state index in [0.717, 1.165) is 17.7 Å². The summed E-state index contributed by atoms with van der Waals surface area (Å²) in [5.74, 6) is 0. The van der Waals surface area contributed by atoms with Gasteiger partial charge < -0.3 is 5.11 Å². The van der Waals surface area contributed by atoms with E-state index in [-0.39, 0.29) is 6.10 Å². The van der Waals surface area contributed by atoms with Crippen LogP contribution in [-0.2, 0) is 0 Å². The summed E-state index contributed by atoms with van der Waals surface area (Å²) in [6.45, 7) is 2.26. The summed E-state index contributed by atoms with van der Waals surface area (Å²) >= 11 is 1.66. The Balaban J connectivity index is 1.90. The Morgan fingerprint density at radius 1 is 1.06 bits per heavy atom. The van der Waals surface area contributed by atoms with Crippen LogP contribution in [0, 0.1) is 0 Å².